The molecule has 0 aliphatic heterocycles. The Hall–Kier alpha value is -3.94. The standard InChI is InChI=1S/C24H27N7O/c1-15(2)13-26-24(32)20-21-23(29-19-8-6-5-7-18(19)28-21)31(22(20)25)27-14-16-9-11-17(12-10-16)30(3)4/h5-12,14-15H,13,25H2,1-4H3,(H,26,32). The lowest BCUT2D eigenvalue weighted by atomic mass is 10.2. The Balaban J connectivity index is 1.82. The Kier molecular flexibility index (Phi) is 5.77. The number of aromatic nitrogens is 3. The van der Waals surface area contributed by atoms with E-state index in [1.165, 1.54) is 4.68 Å². The predicted octanol–water partition coefficient (Wildman–Crippen LogP) is 3.50. The van der Waals surface area contributed by atoms with Gasteiger partial charge in [0.2, 0.25) is 0 Å². The second-order valence-electron chi connectivity index (χ2n) is 8.29. The second kappa shape index (κ2) is 8.66. The van der Waals surface area contributed by atoms with Gasteiger partial charge in [-0.25, -0.2) is 9.97 Å². The zero-order chi connectivity index (χ0) is 22.8. The van der Waals surface area contributed by atoms with Crippen LogP contribution in [0, 0.1) is 5.92 Å². The van der Waals surface area contributed by atoms with Gasteiger partial charge < -0.3 is 16.0 Å². The van der Waals surface area contributed by atoms with Crippen molar-refractivity contribution in [1.29, 1.82) is 0 Å². The van der Waals surface area contributed by atoms with Crippen LogP contribution >= 0.6 is 0 Å². The van der Waals surface area contributed by atoms with E-state index >= 15 is 0 Å². The third kappa shape index (κ3) is 4.12. The van der Waals surface area contributed by atoms with E-state index < -0.39 is 0 Å². The number of benzene rings is 2. The summed E-state index contributed by atoms with van der Waals surface area (Å²) in [4.78, 5) is 24.4. The summed E-state index contributed by atoms with van der Waals surface area (Å²) in [6.07, 6.45) is 1.70. The highest BCUT2D eigenvalue weighted by Crippen LogP contribution is 2.28. The molecule has 0 fully saturated rings. The van der Waals surface area contributed by atoms with Crippen molar-refractivity contribution in [3.63, 3.8) is 0 Å². The molecule has 0 saturated heterocycles. The molecule has 0 atom stereocenters. The lowest BCUT2D eigenvalue weighted by molar-refractivity contribution is 0.0951. The molecule has 8 nitrogen and oxygen atoms in total. The number of nitrogens with zero attached hydrogens (tertiary/aromatic N) is 5. The summed E-state index contributed by atoms with van der Waals surface area (Å²) in [7, 11) is 3.98. The van der Waals surface area contributed by atoms with Gasteiger partial charge >= 0.3 is 0 Å². The molecular weight excluding hydrogens is 402 g/mol. The maximum atomic E-state index is 13.0. The van der Waals surface area contributed by atoms with Gasteiger partial charge in [-0.3, -0.25) is 4.79 Å². The number of amides is 1. The molecule has 4 aromatic rings. The van der Waals surface area contributed by atoms with Crippen molar-refractivity contribution >= 4 is 45.8 Å². The van der Waals surface area contributed by atoms with E-state index in [0.717, 1.165) is 11.3 Å². The first-order valence-corrected chi connectivity index (χ1v) is 10.5. The Morgan fingerprint density at radius 1 is 1.12 bits per heavy atom. The van der Waals surface area contributed by atoms with Crippen LogP contribution in [0.4, 0.5) is 11.5 Å². The van der Waals surface area contributed by atoms with Crippen LogP contribution in [0.1, 0.15) is 29.8 Å². The quantitative estimate of drug-likeness (QED) is 0.457. The van der Waals surface area contributed by atoms with Gasteiger partial charge in [0.25, 0.3) is 5.91 Å². The molecule has 0 bridgehead atoms. The first kappa shape index (κ1) is 21.3. The summed E-state index contributed by atoms with van der Waals surface area (Å²) in [5.74, 6) is 0.233. The predicted molar refractivity (Wildman–Crippen MR) is 130 cm³/mol. The highest BCUT2D eigenvalue weighted by Gasteiger charge is 2.24. The number of hydrogen-bond donors (Lipinski definition) is 2. The third-order valence-corrected chi connectivity index (χ3v) is 5.10. The molecule has 3 N–H and O–H groups in total. The maximum Gasteiger partial charge on any atom is 0.257 e. The summed E-state index contributed by atoms with van der Waals surface area (Å²) in [6.45, 7) is 4.60. The Labute approximate surface area is 186 Å². The molecule has 2 aromatic heterocycles. The van der Waals surface area contributed by atoms with Crippen LogP contribution in [0.15, 0.2) is 53.6 Å². The molecule has 4 rings (SSSR count). The topological polar surface area (TPSA) is 101 Å². The Morgan fingerprint density at radius 3 is 2.41 bits per heavy atom. The number of carbonyl (C=O) groups excluding carboxylic acids is 1. The SMILES string of the molecule is CC(C)CNC(=O)c1c(N)n(N=Cc2ccc(N(C)C)cc2)c2nc3ccccc3nc12. The lowest BCUT2D eigenvalue weighted by Crippen LogP contribution is -2.28. The Bertz CT molecular complexity index is 1300. The van der Waals surface area contributed by atoms with Crippen molar-refractivity contribution in [3.8, 4) is 0 Å². The van der Waals surface area contributed by atoms with Gasteiger partial charge in [0, 0.05) is 26.3 Å². The summed E-state index contributed by atoms with van der Waals surface area (Å²) in [6, 6.07) is 15.5. The minimum atomic E-state index is -0.282. The molecule has 0 aliphatic rings. The van der Waals surface area contributed by atoms with Crippen molar-refractivity contribution in [1.82, 2.24) is 20.0 Å². The number of nitrogens with two attached hydrogens (primary N) is 1. The van der Waals surface area contributed by atoms with E-state index in [2.05, 4.69) is 15.4 Å². The molecule has 1 amide bonds. The van der Waals surface area contributed by atoms with Crippen LogP contribution in [0.3, 0.4) is 0 Å². The number of anilines is 2. The molecule has 0 unspecified atom stereocenters. The van der Waals surface area contributed by atoms with Crippen LogP contribution in [0.5, 0.6) is 0 Å². The second-order valence-corrected chi connectivity index (χ2v) is 8.29. The number of fused-ring (bicyclic) bond motifs is 2. The van der Waals surface area contributed by atoms with E-state index in [1.807, 2.05) is 81.4 Å². The molecule has 2 heterocycles. The lowest BCUT2D eigenvalue weighted by Gasteiger charge is -2.11. The van der Waals surface area contributed by atoms with Gasteiger partial charge in [-0.2, -0.15) is 9.78 Å². The number of hydrogen-bond acceptors (Lipinski definition) is 6. The van der Waals surface area contributed by atoms with E-state index in [1.54, 1.807) is 6.21 Å². The van der Waals surface area contributed by atoms with Crippen LogP contribution < -0.4 is 16.0 Å². The molecule has 2 aromatic carbocycles. The zero-order valence-electron chi connectivity index (χ0n) is 18.7. The van der Waals surface area contributed by atoms with Crippen LogP contribution in [0.2, 0.25) is 0 Å². The van der Waals surface area contributed by atoms with Gasteiger partial charge in [0.1, 0.15) is 16.9 Å². The van der Waals surface area contributed by atoms with Gasteiger partial charge in [0.15, 0.2) is 5.65 Å². The van der Waals surface area contributed by atoms with Gasteiger partial charge in [-0.15, -0.1) is 0 Å². The fraction of sp³-hybridized carbons (Fsp3) is 0.250. The maximum absolute atomic E-state index is 13.0. The number of rotatable bonds is 6. The van der Waals surface area contributed by atoms with Crippen LogP contribution in [0.25, 0.3) is 22.2 Å². The van der Waals surface area contributed by atoms with E-state index in [4.69, 9.17) is 10.7 Å². The Morgan fingerprint density at radius 2 is 1.78 bits per heavy atom. The van der Waals surface area contributed by atoms with Crippen LogP contribution in [-0.4, -0.2) is 47.4 Å². The monoisotopic (exact) mass is 429 g/mol. The largest absolute Gasteiger partial charge is 0.383 e. The van der Waals surface area contributed by atoms with Crippen LogP contribution in [-0.2, 0) is 0 Å². The first-order chi connectivity index (χ1) is 15.3. The van der Waals surface area contributed by atoms with Crippen molar-refractivity contribution in [2.24, 2.45) is 11.0 Å². The normalized spacial score (nSPS) is 11.7. The fourth-order valence-corrected chi connectivity index (χ4v) is 3.36. The first-order valence-electron chi connectivity index (χ1n) is 10.5. The van der Waals surface area contributed by atoms with Gasteiger partial charge in [0.05, 0.1) is 17.2 Å². The highest BCUT2D eigenvalue weighted by atomic mass is 16.1. The molecular formula is C24H27N7O. The zero-order valence-corrected chi connectivity index (χ0v) is 18.7. The number of nitrogens with one attached hydrogen (secondary N) is 1. The minimum Gasteiger partial charge on any atom is -0.383 e. The van der Waals surface area contributed by atoms with Crippen molar-refractivity contribution < 1.29 is 4.79 Å². The van der Waals surface area contributed by atoms with Crippen molar-refractivity contribution in [2.45, 2.75) is 13.8 Å². The van der Waals surface area contributed by atoms with E-state index in [9.17, 15) is 4.79 Å². The molecule has 0 spiro atoms. The average molecular weight is 430 g/mol. The fourth-order valence-electron chi connectivity index (χ4n) is 3.36. The average Bonchev–Trinajstić information content (AvgIpc) is 3.04. The van der Waals surface area contributed by atoms with Gasteiger partial charge in [-0.1, -0.05) is 38.1 Å². The molecule has 8 heteroatoms. The molecule has 32 heavy (non-hydrogen) atoms. The third-order valence-electron chi connectivity index (χ3n) is 5.10. The van der Waals surface area contributed by atoms with Gasteiger partial charge in [-0.05, 0) is 35.7 Å². The molecule has 164 valence electrons. The molecule has 0 radical (unpaired) electrons. The number of nitrogen functional groups attached to an aromatic ring is 1. The summed E-state index contributed by atoms with van der Waals surface area (Å²) >= 11 is 0. The van der Waals surface area contributed by atoms with Crippen molar-refractivity contribution in [2.75, 3.05) is 31.3 Å². The summed E-state index contributed by atoms with van der Waals surface area (Å²) in [5, 5.41) is 7.48. The summed E-state index contributed by atoms with van der Waals surface area (Å²) in [5.41, 5.74) is 11.0. The van der Waals surface area contributed by atoms with E-state index in [-0.39, 0.29) is 11.7 Å². The minimum absolute atomic E-state index is 0.206. The van der Waals surface area contributed by atoms with E-state index in [0.29, 0.717) is 40.2 Å². The van der Waals surface area contributed by atoms with Crippen molar-refractivity contribution in [3.05, 3.63) is 59.7 Å². The smallest absolute Gasteiger partial charge is 0.257 e. The highest BCUT2D eigenvalue weighted by molar-refractivity contribution is 6.10. The number of para-hydroxylation sites is 2. The molecule has 0 aliphatic carbocycles. The number of carbonyl (C=O) groups is 1. The molecule has 0 saturated carbocycles. The summed E-state index contributed by atoms with van der Waals surface area (Å²) < 4.78 is 1.49.